The van der Waals surface area contributed by atoms with Crippen molar-refractivity contribution < 1.29 is 49.6 Å². The second-order valence-electron chi connectivity index (χ2n) is 6.95. The number of carbonyl (C=O) groups excluding carboxylic acids is 1. The quantitative estimate of drug-likeness (QED) is 0.367. The highest BCUT2D eigenvalue weighted by atomic mass is 32.2. The van der Waals surface area contributed by atoms with E-state index in [4.69, 9.17) is 9.88 Å². The fraction of sp³-hybridized carbons (Fsp3) is 0.316. The number of aromatic nitrogens is 1. The van der Waals surface area contributed by atoms with Crippen LogP contribution in [0, 0.1) is 5.82 Å². The molecule has 1 amide bonds. The highest BCUT2D eigenvalue weighted by molar-refractivity contribution is 7.82. The summed E-state index contributed by atoms with van der Waals surface area (Å²) in [5, 5.41) is 17.1. The number of nitrogens with zero attached hydrogens (tertiary/aromatic N) is 1. The van der Waals surface area contributed by atoms with Gasteiger partial charge in [0.15, 0.2) is 17.0 Å². The molecule has 0 saturated carbocycles. The maximum absolute atomic E-state index is 13.5. The number of aryl methyl sites for hydroxylation is 1. The Morgan fingerprint density at radius 3 is 2.41 bits per heavy atom. The average Bonchev–Trinajstić information content (AvgIpc) is 3.04. The monoisotopic (exact) mass is 517 g/mol. The second kappa shape index (κ2) is 9.76. The summed E-state index contributed by atoms with van der Waals surface area (Å²) in [6, 6.07) is 1.67. The van der Waals surface area contributed by atoms with Gasteiger partial charge in [0.2, 0.25) is 0 Å². The number of amides is 1. The van der Waals surface area contributed by atoms with Crippen LogP contribution in [-0.2, 0) is 24.2 Å². The molecule has 7 nitrogen and oxygen atoms in total. The maximum atomic E-state index is 13.5. The Bertz CT molecular complexity index is 1110. The van der Waals surface area contributed by atoms with E-state index < -0.39 is 76.4 Å². The molecule has 0 saturated heterocycles. The second-order valence-corrected chi connectivity index (χ2v) is 7.99. The van der Waals surface area contributed by atoms with E-state index in [2.05, 4.69) is 11.9 Å². The van der Waals surface area contributed by atoms with Crippen LogP contribution in [-0.4, -0.2) is 38.2 Å². The number of nitrogens with one attached hydrogen (secondary N) is 1. The van der Waals surface area contributed by atoms with Crippen molar-refractivity contribution in [3.63, 3.8) is 0 Å². The van der Waals surface area contributed by atoms with E-state index in [0.29, 0.717) is 12.1 Å². The van der Waals surface area contributed by atoms with Crippen molar-refractivity contribution in [2.75, 3.05) is 11.9 Å². The zero-order valence-electron chi connectivity index (χ0n) is 17.3. The maximum Gasteiger partial charge on any atom is 0.420 e. The van der Waals surface area contributed by atoms with Gasteiger partial charge in [-0.05, 0) is 18.2 Å². The van der Waals surface area contributed by atoms with E-state index >= 15 is 0 Å². The number of hydrogen-bond acceptors (Lipinski definition) is 4. The number of rotatable bonds is 8. The Kier molecular flexibility index (Phi) is 7.84. The van der Waals surface area contributed by atoms with Crippen molar-refractivity contribution in [1.82, 2.24) is 4.57 Å². The number of benzene rings is 1. The van der Waals surface area contributed by atoms with Gasteiger partial charge < -0.3 is 19.7 Å². The van der Waals surface area contributed by atoms with E-state index in [1.165, 1.54) is 7.05 Å². The van der Waals surface area contributed by atoms with Gasteiger partial charge in [0.1, 0.15) is 21.7 Å². The molecule has 0 aliphatic heterocycles. The first-order valence-electron chi connectivity index (χ1n) is 9.11. The van der Waals surface area contributed by atoms with Crippen molar-refractivity contribution in [2.24, 2.45) is 12.2 Å². The van der Waals surface area contributed by atoms with Crippen molar-refractivity contribution in [2.45, 2.75) is 29.3 Å². The molecule has 0 bridgehead atoms. The number of carbonyl (C=O) groups is 1. The molecule has 4 N–H and O–H groups in total. The van der Waals surface area contributed by atoms with Crippen molar-refractivity contribution in [3.8, 4) is 5.75 Å². The van der Waals surface area contributed by atoms with Crippen LogP contribution in [0.5, 0.6) is 5.75 Å². The Labute approximate surface area is 190 Å². The lowest BCUT2D eigenvalue weighted by molar-refractivity contribution is -0.243. The zero-order valence-corrected chi connectivity index (χ0v) is 18.1. The molecule has 1 heterocycles. The number of hydrogen-bond donors (Lipinski definition) is 3. The number of aliphatic hydroxyl groups is 1. The van der Waals surface area contributed by atoms with Crippen LogP contribution in [0.4, 0.5) is 36.4 Å². The predicted molar refractivity (Wildman–Crippen MR) is 107 cm³/mol. The van der Waals surface area contributed by atoms with Crippen LogP contribution in [0.15, 0.2) is 41.9 Å². The lowest BCUT2D eigenvalue weighted by Crippen LogP contribution is -2.44. The van der Waals surface area contributed by atoms with Crippen LogP contribution >= 0.6 is 0 Å². The lowest BCUT2D eigenvalue weighted by atomic mass is 10.00. The summed E-state index contributed by atoms with van der Waals surface area (Å²) in [7, 11) is -1.03. The largest absolute Gasteiger partial charge is 0.490 e. The highest BCUT2D eigenvalue weighted by Gasteiger charge is 2.51. The van der Waals surface area contributed by atoms with Gasteiger partial charge in [-0.2, -0.15) is 26.3 Å². The van der Waals surface area contributed by atoms with Gasteiger partial charge in [-0.25, -0.2) is 13.7 Å². The van der Waals surface area contributed by atoms with Crippen molar-refractivity contribution in [1.29, 1.82) is 0 Å². The number of alkyl halides is 6. The summed E-state index contributed by atoms with van der Waals surface area (Å²) in [6.07, 6.45) is -9.87. The van der Waals surface area contributed by atoms with E-state index in [1.807, 2.05) is 0 Å². The molecule has 0 aliphatic rings. The SMILES string of the molecule is C=CC(O)(CCOc1c(S(N)=O)cn(C)c1C(=O)Nc1ccc(F)c(C(F)(F)F)c1)C(F)(F)F. The summed E-state index contributed by atoms with van der Waals surface area (Å²) in [5.41, 5.74) is -5.89. The van der Waals surface area contributed by atoms with Gasteiger partial charge >= 0.3 is 12.4 Å². The smallest absolute Gasteiger partial charge is 0.420 e. The molecule has 15 heteroatoms. The fourth-order valence-corrected chi connectivity index (χ4v) is 3.40. The third-order valence-corrected chi connectivity index (χ3v) is 5.35. The fourth-order valence-electron chi connectivity index (χ4n) is 2.80. The molecule has 1 aromatic heterocycles. The molecular formula is C19H18F7N3O4S. The van der Waals surface area contributed by atoms with Crippen molar-refractivity contribution in [3.05, 3.63) is 54.1 Å². The Morgan fingerprint density at radius 1 is 1.29 bits per heavy atom. The lowest BCUT2D eigenvalue weighted by Gasteiger charge is -2.27. The highest BCUT2D eigenvalue weighted by Crippen LogP contribution is 2.36. The van der Waals surface area contributed by atoms with Gasteiger partial charge in [0, 0.05) is 25.4 Å². The molecule has 0 radical (unpaired) electrons. The third-order valence-electron chi connectivity index (χ3n) is 4.62. The van der Waals surface area contributed by atoms with Gasteiger partial charge in [0.05, 0.1) is 12.2 Å². The molecule has 2 atom stereocenters. The summed E-state index contributed by atoms with van der Waals surface area (Å²) >= 11 is 0. The molecule has 0 spiro atoms. The molecule has 2 rings (SSSR count). The van der Waals surface area contributed by atoms with Crippen molar-refractivity contribution >= 4 is 22.6 Å². The minimum absolute atomic E-state index is 0.254. The third kappa shape index (κ3) is 5.77. The van der Waals surface area contributed by atoms with E-state index in [-0.39, 0.29) is 11.0 Å². The average molecular weight is 517 g/mol. The molecule has 0 fully saturated rings. The van der Waals surface area contributed by atoms with Gasteiger partial charge in [-0.3, -0.25) is 4.79 Å². The summed E-state index contributed by atoms with van der Waals surface area (Å²) in [4.78, 5) is 12.4. The van der Waals surface area contributed by atoms with E-state index in [0.717, 1.165) is 16.8 Å². The van der Waals surface area contributed by atoms with Gasteiger partial charge in [-0.1, -0.05) is 12.7 Å². The van der Waals surface area contributed by atoms with Crippen LogP contribution in [0.25, 0.3) is 0 Å². The number of halogens is 7. The summed E-state index contributed by atoms with van der Waals surface area (Å²) in [5.74, 6) is -3.22. The Hall–Kier alpha value is -2.91. The normalized spacial score (nSPS) is 14.9. The van der Waals surface area contributed by atoms with Crippen LogP contribution < -0.4 is 15.2 Å². The number of ether oxygens (including phenoxy) is 1. The topological polar surface area (TPSA) is 107 Å². The van der Waals surface area contributed by atoms with E-state index in [9.17, 15) is 44.8 Å². The first-order valence-corrected chi connectivity index (χ1v) is 10.3. The molecule has 2 aromatic rings. The van der Waals surface area contributed by atoms with Gasteiger partial charge in [-0.15, -0.1) is 0 Å². The molecule has 1 aromatic carbocycles. The molecule has 188 valence electrons. The van der Waals surface area contributed by atoms with Gasteiger partial charge in [0.25, 0.3) is 5.91 Å². The molecule has 2 unspecified atom stereocenters. The number of anilines is 1. The van der Waals surface area contributed by atoms with Crippen LogP contribution in [0.1, 0.15) is 22.5 Å². The van der Waals surface area contributed by atoms with Crippen LogP contribution in [0.2, 0.25) is 0 Å². The molecule has 34 heavy (non-hydrogen) atoms. The molecule has 0 aliphatic carbocycles. The minimum atomic E-state index is -5.09. The first kappa shape index (κ1) is 27.3. The first-order chi connectivity index (χ1) is 15.5. The van der Waals surface area contributed by atoms with Crippen LogP contribution in [0.3, 0.4) is 0 Å². The predicted octanol–water partition coefficient (Wildman–Crippen LogP) is 3.66. The zero-order chi connectivity index (χ0) is 26.1. The Morgan fingerprint density at radius 2 is 1.91 bits per heavy atom. The Balaban J connectivity index is 2.37. The number of nitrogens with two attached hydrogens (primary N) is 1. The standard InChI is InChI=1S/C19H18F7N3O4S/c1-3-17(31,19(24,25)26)6-7-33-15-13(34(27)32)9-29(2)14(15)16(30)28-10-4-5-12(20)11(8-10)18(21,22)23/h3-5,8-9,31H,1,6-7,27H2,2H3,(H,28,30). The summed E-state index contributed by atoms with van der Waals surface area (Å²) in [6.45, 7) is 2.09. The summed E-state index contributed by atoms with van der Waals surface area (Å²) < 4.78 is 109. The molecular weight excluding hydrogens is 499 g/mol. The minimum Gasteiger partial charge on any atom is -0.490 e. The van der Waals surface area contributed by atoms with E-state index in [1.54, 1.807) is 0 Å².